The Morgan fingerprint density at radius 3 is 2.59 bits per heavy atom. The molecular weight excluding hydrogens is 272 g/mol. The SMILES string of the molecule is Cc1ccc([C@H]2C3=C(CCCC3=O)Oc3ccccc32)cc1. The van der Waals surface area contributed by atoms with E-state index in [1.165, 1.54) is 11.1 Å². The Balaban J connectivity index is 1.93. The first kappa shape index (κ1) is 13.3. The van der Waals surface area contributed by atoms with E-state index in [0.717, 1.165) is 35.5 Å². The molecule has 22 heavy (non-hydrogen) atoms. The molecule has 0 fully saturated rings. The lowest BCUT2D eigenvalue weighted by Crippen LogP contribution is -2.25. The second-order valence-corrected chi connectivity index (χ2v) is 6.10. The number of allylic oxidation sites excluding steroid dienone is 2. The quantitative estimate of drug-likeness (QED) is 0.771. The van der Waals surface area contributed by atoms with Crippen molar-refractivity contribution in [1.29, 1.82) is 0 Å². The normalized spacial score (nSPS) is 20.2. The first-order valence-corrected chi connectivity index (χ1v) is 7.83. The summed E-state index contributed by atoms with van der Waals surface area (Å²) >= 11 is 0. The van der Waals surface area contributed by atoms with E-state index < -0.39 is 0 Å². The highest BCUT2D eigenvalue weighted by atomic mass is 16.5. The summed E-state index contributed by atoms with van der Waals surface area (Å²) in [5.74, 6) is 2.01. The maximum atomic E-state index is 12.6. The molecule has 0 amide bonds. The number of rotatable bonds is 1. The number of hydrogen-bond donors (Lipinski definition) is 0. The van der Waals surface area contributed by atoms with E-state index in [9.17, 15) is 4.79 Å². The van der Waals surface area contributed by atoms with Crippen LogP contribution in [-0.4, -0.2) is 5.78 Å². The van der Waals surface area contributed by atoms with Crippen LogP contribution in [0.2, 0.25) is 0 Å². The number of aryl methyl sites for hydroxylation is 1. The van der Waals surface area contributed by atoms with Gasteiger partial charge in [-0.2, -0.15) is 0 Å². The van der Waals surface area contributed by atoms with Gasteiger partial charge in [0, 0.05) is 29.9 Å². The zero-order chi connectivity index (χ0) is 15.1. The molecule has 110 valence electrons. The smallest absolute Gasteiger partial charge is 0.163 e. The first-order chi connectivity index (χ1) is 10.7. The summed E-state index contributed by atoms with van der Waals surface area (Å²) in [5, 5.41) is 0. The van der Waals surface area contributed by atoms with E-state index in [1.54, 1.807) is 0 Å². The van der Waals surface area contributed by atoms with Crippen LogP contribution >= 0.6 is 0 Å². The molecule has 2 aromatic rings. The van der Waals surface area contributed by atoms with Crippen molar-refractivity contribution in [1.82, 2.24) is 0 Å². The van der Waals surface area contributed by atoms with Gasteiger partial charge in [0.05, 0.1) is 0 Å². The largest absolute Gasteiger partial charge is 0.461 e. The van der Waals surface area contributed by atoms with Crippen molar-refractivity contribution in [3.05, 3.63) is 76.6 Å². The van der Waals surface area contributed by atoms with Crippen molar-refractivity contribution in [2.75, 3.05) is 0 Å². The Hall–Kier alpha value is -2.35. The lowest BCUT2D eigenvalue weighted by molar-refractivity contribution is -0.116. The molecule has 2 aliphatic rings. The molecule has 2 heteroatoms. The molecule has 0 bridgehead atoms. The number of benzene rings is 2. The monoisotopic (exact) mass is 290 g/mol. The molecule has 0 saturated carbocycles. The fraction of sp³-hybridized carbons (Fsp3) is 0.250. The van der Waals surface area contributed by atoms with Crippen LogP contribution in [0.3, 0.4) is 0 Å². The summed E-state index contributed by atoms with van der Waals surface area (Å²) in [4.78, 5) is 12.6. The Morgan fingerprint density at radius 2 is 1.77 bits per heavy atom. The predicted octanol–water partition coefficient (Wildman–Crippen LogP) is 4.53. The lowest BCUT2D eigenvalue weighted by Gasteiger charge is -2.32. The highest BCUT2D eigenvalue weighted by Crippen LogP contribution is 2.46. The van der Waals surface area contributed by atoms with E-state index in [4.69, 9.17) is 4.74 Å². The summed E-state index contributed by atoms with van der Waals surface area (Å²) in [5.41, 5.74) is 4.37. The number of carbonyl (C=O) groups is 1. The molecular formula is C20H18O2. The first-order valence-electron chi connectivity index (χ1n) is 7.83. The number of ether oxygens (including phenoxy) is 1. The summed E-state index contributed by atoms with van der Waals surface area (Å²) in [6.07, 6.45) is 2.38. The maximum Gasteiger partial charge on any atom is 0.163 e. The van der Waals surface area contributed by atoms with E-state index in [0.29, 0.717) is 6.42 Å². The minimum atomic E-state index is 0.00773. The van der Waals surface area contributed by atoms with Crippen LogP contribution in [-0.2, 0) is 4.79 Å². The van der Waals surface area contributed by atoms with Crippen LogP contribution in [0.1, 0.15) is 41.9 Å². The third kappa shape index (κ3) is 2.07. The Bertz CT molecular complexity index is 769. The Labute approximate surface area is 130 Å². The average Bonchev–Trinajstić information content (AvgIpc) is 2.54. The molecule has 4 rings (SSSR count). The number of para-hydroxylation sites is 1. The second kappa shape index (κ2) is 5.13. The van der Waals surface area contributed by atoms with Crippen molar-refractivity contribution >= 4 is 5.78 Å². The Kier molecular flexibility index (Phi) is 3.11. The van der Waals surface area contributed by atoms with Crippen LogP contribution in [0, 0.1) is 6.92 Å². The van der Waals surface area contributed by atoms with Crippen molar-refractivity contribution < 1.29 is 9.53 Å². The molecule has 2 nitrogen and oxygen atoms in total. The number of ketones is 1. The third-order valence-corrected chi connectivity index (χ3v) is 4.57. The molecule has 0 radical (unpaired) electrons. The second-order valence-electron chi connectivity index (χ2n) is 6.10. The van der Waals surface area contributed by atoms with Crippen molar-refractivity contribution in [2.45, 2.75) is 32.1 Å². The van der Waals surface area contributed by atoms with Crippen molar-refractivity contribution in [3.63, 3.8) is 0 Å². The van der Waals surface area contributed by atoms with Gasteiger partial charge in [0.25, 0.3) is 0 Å². The number of hydrogen-bond acceptors (Lipinski definition) is 2. The van der Waals surface area contributed by atoms with Gasteiger partial charge in [-0.05, 0) is 25.0 Å². The van der Waals surface area contributed by atoms with E-state index in [1.807, 2.05) is 18.2 Å². The minimum absolute atomic E-state index is 0.00773. The van der Waals surface area contributed by atoms with Crippen LogP contribution < -0.4 is 4.74 Å². The molecule has 0 unspecified atom stereocenters. The van der Waals surface area contributed by atoms with Crippen molar-refractivity contribution in [2.24, 2.45) is 0 Å². The van der Waals surface area contributed by atoms with E-state index in [-0.39, 0.29) is 11.7 Å². The lowest BCUT2D eigenvalue weighted by atomic mass is 9.77. The summed E-state index contributed by atoms with van der Waals surface area (Å²) < 4.78 is 6.04. The Morgan fingerprint density at radius 1 is 1.00 bits per heavy atom. The molecule has 1 atom stereocenters. The molecule has 1 aliphatic carbocycles. The molecule has 0 aromatic heterocycles. The zero-order valence-electron chi connectivity index (χ0n) is 12.6. The van der Waals surface area contributed by atoms with Crippen molar-refractivity contribution in [3.8, 4) is 5.75 Å². The van der Waals surface area contributed by atoms with Crippen LogP contribution in [0.4, 0.5) is 0 Å². The standard InChI is InChI=1S/C20H18O2/c1-13-9-11-14(12-10-13)19-15-5-2-3-7-17(15)22-18-8-4-6-16(21)20(18)19/h2-3,5,7,9-12,19H,4,6,8H2,1H3/t19-/m1/s1. The topological polar surface area (TPSA) is 26.3 Å². The minimum Gasteiger partial charge on any atom is -0.461 e. The third-order valence-electron chi connectivity index (χ3n) is 4.57. The number of Topliss-reactive ketones (excluding diaryl/α,β-unsaturated/α-hetero) is 1. The van der Waals surface area contributed by atoms with Gasteiger partial charge in [0.15, 0.2) is 5.78 Å². The summed E-state index contributed by atoms with van der Waals surface area (Å²) in [6.45, 7) is 2.08. The average molecular weight is 290 g/mol. The fourth-order valence-corrected chi connectivity index (χ4v) is 3.47. The van der Waals surface area contributed by atoms with Gasteiger partial charge in [-0.1, -0.05) is 48.0 Å². The van der Waals surface area contributed by atoms with Gasteiger partial charge in [0.2, 0.25) is 0 Å². The molecule has 0 spiro atoms. The molecule has 2 aromatic carbocycles. The van der Waals surface area contributed by atoms with Gasteiger partial charge in [-0.25, -0.2) is 0 Å². The van der Waals surface area contributed by atoms with Gasteiger partial charge < -0.3 is 4.74 Å². The molecule has 1 heterocycles. The number of fused-ring (bicyclic) bond motifs is 1. The maximum absolute atomic E-state index is 12.6. The fourth-order valence-electron chi connectivity index (χ4n) is 3.47. The number of carbonyl (C=O) groups excluding carboxylic acids is 1. The molecule has 0 N–H and O–H groups in total. The summed E-state index contributed by atoms with van der Waals surface area (Å²) in [7, 11) is 0. The van der Waals surface area contributed by atoms with E-state index in [2.05, 4.69) is 37.3 Å². The van der Waals surface area contributed by atoms with E-state index >= 15 is 0 Å². The highest BCUT2D eigenvalue weighted by Gasteiger charge is 2.36. The van der Waals surface area contributed by atoms with Gasteiger partial charge >= 0.3 is 0 Å². The highest BCUT2D eigenvalue weighted by molar-refractivity contribution is 5.99. The zero-order valence-corrected chi connectivity index (χ0v) is 12.6. The molecule has 1 aliphatic heterocycles. The van der Waals surface area contributed by atoms with Crippen LogP contribution in [0.15, 0.2) is 59.9 Å². The predicted molar refractivity (Wildman–Crippen MR) is 86.0 cm³/mol. The van der Waals surface area contributed by atoms with Gasteiger partial charge in [0.1, 0.15) is 11.5 Å². The molecule has 0 saturated heterocycles. The van der Waals surface area contributed by atoms with Gasteiger partial charge in [-0.15, -0.1) is 0 Å². The van der Waals surface area contributed by atoms with Crippen LogP contribution in [0.5, 0.6) is 5.75 Å². The van der Waals surface area contributed by atoms with Crippen LogP contribution in [0.25, 0.3) is 0 Å². The summed E-state index contributed by atoms with van der Waals surface area (Å²) in [6, 6.07) is 16.6. The van der Waals surface area contributed by atoms with Gasteiger partial charge in [-0.3, -0.25) is 4.79 Å².